The zero-order valence-corrected chi connectivity index (χ0v) is 15.1. The van der Waals surface area contributed by atoms with Gasteiger partial charge >= 0.3 is 0 Å². The van der Waals surface area contributed by atoms with E-state index in [0.29, 0.717) is 26.2 Å². The van der Waals surface area contributed by atoms with Crippen molar-refractivity contribution in [2.24, 2.45) is 0 Å². The van der Waals surface area contributed by atoms with E-state index in [1.807, 2.05) is 62.4 Å². The second-order valence-electron chi connectivity index (χ2n) is 6.44. The van der Waals surface area contributed by atoms with Crippen molar-refractivity contribution >= 4 is 10.2 Å². The van der Waals surface area contributed by atoms with Gasteiger partial charge in [0.25, 0.3) is 10.2 Å². The zero-order valence-electron chi connectivity index (χ0n) is 14.3. The molecule has 2 aromatic rings. The monoisotopic (exact) mass is 344 g/mol. The van der Waals surface area contributed by atoms with Gasteiger partial charge in [0.05, 0.1) is 0 Å². The molecular formula is C19H24N2O2S. The first-order valence-corrected chi connectivity index (χ1v) is 9.72. The van der Waals surface area contributed by atoms with E-state index in [4.69, 9.17) is 0 Å². The lowest BCUT2D eigenvalue weighted by Crippen LogP contribution is -2.48. The van der Waals surface area contributed by atoms with Gasteiger partial charge in [-0.15, -0.1) is 0 Å². The van der Waals surface area contributed by atoms with E-state index in [0.717, 1.165) is 23.1 Å². The molecule has 1 aliphatic heterocycles. The summed E-state index contributed by atoms with van der Waals surface area (Å²) in [6.45, 7) is 6.11. The van der Waals surface area contributed by atoms with E-state index < -0.39 is 10.2 Å². The van der Waals surface area contributed by atoms with Crippen LogP contribution in [0.5, 0.6) is 0 Å². The van der Waals surface area contributed by atoms with Gasteiger partial charge in [0.1, 0.15) is 0 Å². The van der Waals surface area contributed by atoms with Gasteiger partial charge in [0, 0.05) is 26.2 Å². The molecule has 0 aliphatic carbocycles. The van der Waals surface area contributed by atoms with Crippen LogP contribution in [0.25, 0.3) is 0 Å². The average Bonchev–Trinajstić information content (AvgIpc) is 2.55. The number of benzene rings is 2. The zero-order chi connectivity index (χ0) is 17.2. The van der Waals surface area contributed by atoms with Crippen molar-refractivity contribution in [3.8, 4) is 0 Å². The fraction of sp³-hybridized carbons (Fsp3) is 0.368. The van der Waals surface area contributed by atoms with Crippen LogP contribution in [-0.4, -0.2) is 30.1 Å². The summed E-state index contributed by atoms with van der Waals surface area (Å²) >= 11 is 0. The summed E-state index contributed by atoms with van der Waals surface area (Å²) in [5.74, 6) is 0. The van der Waals surface area contributed by atoms with Crippen LogP contribution in [0.4, 0.5) is 0 Å². The fourth-order valence-corrected chi connectivity index (χ4v) is 4.67. The standard InChI is InChI=1S/C19H24N2O2S/c1-16-8-10-18(11-9-16)14-20-12-5-13-21(24(20,22)23)15-19-7-4-3-6-17(19)2/h3-4,6-11H,5,12-15H2,1-2H3. The molecule has 0 spiro atoms. The highest BCUT2D eigenvalue weighted by Crippen LogP contribution is 2.22. The maximum absolute atomic E-state index is 13.0. The highest BCUT2D eigenvalue weighted by Gasteiger charge is 2.33. The number of hydrogen-bond donors (Lipinski definition) is 0. The Morgan fingerprint density at radius 3 is 2.17 bits per heavy atom. The number of nitrogens with zero attached hydrogens (tertiary/aromatic N) is 2. The molecule has 0 atom stereocenters. The first-order valence-electron chi connectivity index (χ1n) is 8.32. The Labute approximate surface area is 144 Å². The molecule has 4 nitrogen and oxygen atoms in total. The predicted molar refractivity (Wildman–Crippen MR) is 96.7 cm³/mol. The van der Waals surface area contributed by atoms with Crippen LogP contribution >= 0.6 is 0 Å². The van der Waals surface area contributed by atoms with E-state index >= 15 is 0 Å². The summed E-state index contributed by atoms with van der Waals surface area (Å²) in [7, 11) is -3.42. The second kappa shape index (κ2) is 7.05. The minimum absolute atomic E-state index is 0.437. The highest BCUT2D eigenvalue weighted by atomic mass is 32.2. The molecule has 128 valence electrons. The van der Waals surface area contributed by atoms with E-state index in [1.54, 1.807) is 8.61 Å². The first kappa shape index (κ1) is 17.1. The van der Waals surface area contributed by atoms with Crippen LogP contribution in [0.15, 0.2) is 48.5 Å². The largest absolute Gasteiger partial charge is 0.282 e. The second-order valence-corrected chi connectivity index (χ2v) is 8.37. The molecule has 0 saturated carbocycles. The maximum atomic E-state index is 13.0. The van der Waals surface area contributed by atoms with Crippen molar-refractivity contribution in [2.45, 2.75) is 33.4 Å². The van der Waals surface area contributed by atoms with Crippen LogP contribution in [0.1, 0.15) is 28.7 Å². The summed E-state index contributed by atoms with van der Waals surface area (Å²) in [6, 6.07) is 16.0. The lowest BCUT2D eigenvalue weighted by molar-refractivity contribution is 0.276. The summed E-state index contributed by atoms with van der Waals surface area (Å²) in [5.41, 5.74) is 4.41. The molecular weight excluding hydrogens is 320 g/mol. The van der Waals surface area contributed by atoms with Gasteiger partial charge < -0.3 is 0 Å². The number of aryl methyl sites for hydroxylation is 2. The molecule has 1 saturated heterocycles. The van der Waals surface area contributed by atoms with Crippen molar-refractivity contribution in [3.05, 3.63) is 70.8 Å². The normalized spacial score (nSPS) is 18.6. The minimum atomic E-state index is -3.42. The summed E-state index contributed by atoms with van der Waals surface area (Å²) in [4.78, 5) is 0. The molecule has 24 heavy (non-hydrogen) atoms. The molecule has 0 bridgehead atoms. The van der Waals surface area contributed by atoms with Gasteiger partial charge in [-0.25, -0.2) is 0 Å². The smallest absolute Gasteiger partial charge is 0.195 e. The van der Waals surface area contributed by atoms with Gasteiger partial charge in [-0.05, 0) is 37.0 Å². The van der Waals surface area contributed by atoms with E-state index in [1.165, 1.54) is 5.56 Å². The summed E-state index contributed by atoms with van der Waals surface area (Å²) < 4.78 is 29.1. The molecule has 2 aromatic carbocycles. The Hall–Kier alpha value is -1.69. The van der Waals surface area contributed by atoms with Crippen LogP contribution in [0.3, 0.4) is 0 Å². The first-order chi connectivity index (χ1) is 11.5. The van der Waals surface area contributed by atoms with Gasteiger partial charge in [-0.2, -0.15) is 17.0 Å². The van der Waals surface area contributed by atoms with Crippen molar-refractivity contribution in [3.63, 3.8) is 0 Å². The van der Waals surface area contributed by atoms with E-state index in [-0.39, 0.29) is 0 Å². The molecule has 0 amide bonds. The quantitative estimate of drug-likeness (QED) is 0.854. The Morgan fingerprint density at radius 2 is 1.50 bits per heavy atom. The third kappa shape index (κ3) is 3.69. The topological polar surface area (TPSA) is 40.6 Å². The summed E-state index contributed by atoms with van der Waals surface area (Å²) in [5, 5.41) is 0. The number of rotatable bonds is 4. The molecule has 0 aromatic heterocycles. The minimum Gasteiger partial charge on any atom is -0.195 e. The molecule has 3 rings (SSSR count). The molecule has 1 aliphatic rings. The van der Waals surface area contributed by atoms with Gasteiger partial charge in [-0.1, -0.05) is 54.1 Å². The molecule has 0 radical (unpaired) electrons. The average molecular weight is 344 g/mol. The van der Waals surface area contributed by atoms with Crippen LogP contribution in [0.2, 0.25) is 0 Å². The van der Waals surface area contributed by atoms with Gasteiger partial charge in [0.15, 0.2) is 0 Å². The lowest BCUT2D eigenvalue weighted by atomic mass is 10.1. The highest BCUT2D eigenvalue weighted by molar-refractivity contribution is 7.86. The fourth-order valence-electron chi connectivity index (χ4n) is 3.01. The lowest BCUT2D eigenvalue weighted by Gasteiger charge is -2.35. The molecule has 0 unspecified atom stereocenters. The van der Waals surface area contributed by atoms with Crippen molar-refractivity contribution in [1.29, 1.82) is 0 Å². The molecule has 0 N–H and O–H groups in total. The maximum Gasteiger partial charge on any atom is 0.282 e. The Bertz CT molecular complexity index is 800. The SMILES string of the molecule is Cc1ccc(CN2CCCN(Cc3ccccc3C)S2(=O)=O)cc1. The van der Waals surface area contributed by atoms with Crippen molar-refractivity contribution in [2.75, 3.05) is 13.1 Å². The molecule has 5 heteroatoms. The third-order valence-corrected chi connectivity index (χ3v) is 6.48. The number of hydrogen-bond acceptors (Lipinski definition) is 2. The molecule has 1 heterocycles. The Balaban J connectivity index is 1.78. The summed E-state index contributed by atoms with van der Waals surface area (Å²) in [6.07, 6.45) is 0.858. The predicted octanol–water partition coefficient (Wildman–Crippen LogP) is 3.26. The third-order valence-electron chi connectivity index (χ3n) is 4.56. The Morgan fingerprint density at radius 1 is 0.875 bits per heavy atom. The van der Waals surface area contributed by atoms with Gasteiger partial charge in [0.2, 0.25) is 0 Å². The molecule has 1 fully saturated rings. The van der Waals surface area contributed by atoms with Crippen LogP contribution in [-0.2, 0) is 23.3 Å². The van der Waals surface area contributed by atoms with E-state index in [2.05, 4.69) is 0 Å². The van der Waals surface area contributed by atoms with Crippen molar-refractivity contribution in [1.82, 2.24) is 8.61 Å². The van der Waals surface area contributed by atoms with Crippen LogP contribution in [0, 0.1) is 13.8 Å². The van der Waals surface area contributed by atoms with Crippen LogP contribution < -0.4 is 0 Å². The van der Waals surface area contributed by atoms with E-state index in [9.17, 15) is 8.42 Å². The Kier molecular flexibility index (Phi) is 5.04. The van der Waals surface area contributed by atoms with Gasteiger partial charge in [-0.3, -0.25) is 0 Å². The van der Waals surface area contributed by atoms with Crippen molar-refractivity contribution < 1.29 is 8.42 Å².